The van der Waals surface area contributed by atoms with Gasteiger partial charge in [-0.1, -0.05) is 5.16 Å². The van der Waals surface area contributed by atoms with Gasteiger partial charge in [-0.3, -0.25) is 9.59 Å². The Morgan fingerprint density at radius 3 is 2.85 bits per heavy atom. The molecule has 0 saturated carbocycles. The van der Waals surface area contributed by atoms with E-state index in [0.717, 1.165) is 0 Å². The number of hydrogen-bond donors (Lipinski definition) is 2. The van der Waals surface area contributed by atoms with Crippen molar-refractivity contribution in [3.05, 3.63) is 12.3 Å². The molecule has 0 atom stereocenters. The highest BCUT2D eigenvalue weighted by molar-refractivity contribution is 5.91. The SMILES string of the molecule is O=C(O)CCC(=O)Nc1ccon1. The van der Waals surface area contributed by atoms with Crippen molar-refractivity contribution in [2.75, 3.05) is 5.32 Å². The van der Waals surface area contributed by atoms with E-state index in [1.807, 2.05) is 0 Å². The van der Waals surface area contributed by atoms with Crippen LogP contribution in [-0.2, 0) is 9.59 Å². The average molecular weight is 184 g/mol. The molecule has 13 heavy (non-hydrogen) atoms. The molecular weight excluding hydrogens is 176 g/mol. The second kappa shape index (κ2) is 4.24. The van der Waals surface area contributed by atoms with Gasteiger partial charge in [0.25, 0.3) is 0 Å². The number of aromatic nitrogens is 1. The average Bonchev–Trinajstić information content (AvgIpc) is 2.53. The number of rotatable bonds is 4. The van der Waals surface area contributed by atoms with Crippen LogP contribution in [0.5, 0.6) is 0 Å². The van der Waals surface area contributed by atoms with Crippen LogP contribution >= 0.6 is 0 Å². The molecule has 0 bridgehead atoms. The second-order valence-corrected chi connectivity index (χ2v) is 2.33. The Hall–Kier alpha value is -1.85. The number of carboxylic acids is 1. The van der Waals surface area contributed by atoms with Crippen molar-refractivity contribution in [3.63, 3.8) is 0 Å². The lowest BCUT2D eigenvalue weighted by atomic mass is 10.3. The van der Waals surface area contributed by atoms with Crippen molar-refractivity contribution in [2.24, 2.45) is 0 Å². The first kappa shape index (κ1) is 9.24. The summed E-state index contributed by atoms with van der Waals surface area (Å²) in [5.41, 5.74) is 0. The number of carbonyl (C=O) groups excluding carboxylic acids is 1. The zero-order chi connectivity index (χ0) is 9.68. The summed E-state index contributed by atoms with van der Waals surface area (Å²) in [6.07, 6.45) is 1.05. The van der Waals surface area contributed by atoms with Gasteiger partial charge >= 0.3 is 5.97 Å². The summed E-state index contributed by atoms with van der Waals surface area (Å²) in [5, 5.41) is 14.1. The molecule has 0 aliphatic heterocycles. The predicted octanol–water partition coefficient (Wildman–Crippen LogP) is 0.478. The standard InChI is InChI=1S/C7H8N2O4/c10-6(1-2-7(11)12)8-5-3-4-13-9-5/h3-4H,1-2H2,(H,11,12)(H,8,9,10). The number of carbonyl (C=O) groups is 2. The fourth-order valence-corrected chi connectivity index (χ4v) is 0.703. The lowest BCUT2D eigenvalue weighted by molar-refractivity contribution is -0.138. The predicted molar refractivity (Wildman–Crippen MR) is 42.0 cm³/mol. The third-order valence-electron chi connectivity index (χ3n) is 1.27. The van der Waals surface area contributed by atoms with Crippen molar-refractivity contribution in [3.8, 4) is 0 Å². The Balaban J connectivity index is 2.30. The van der Waals surface area contributed by atoms with Crippen molar-refractivity contribution < 1.29 is 19.2 Å². The van der Waals surface area contributed by atoms with Crippen LogP contribution in [0, 0.1) is 0 Å². The Morgan fingerprint density at radius 1 is 1.54 bits per heavy atom. The van der Waals surface area contributed by atoms with E-state index < -0.39 is 11.9 Å². The molecule has 0 spiro atoms. The van der Waals surface area contributed by atoms with Crippen LogP contribution in [0.15, 0.2) is 16.9 Å². The highest BCUT2D eigenvalue weighted by Gasteiger charge is 2.06. The summed E-state index contributed by atoms with van der Waals surface area (Å²) in [7, 11) is 0. The van der Waals surface area contributed by atoms with E-state index in [-0.39, 0.29) is 18.7 Å². The quantitative estimate of drug-likeness (QED) is 0.709. The van der Waals surface area contributed by atoms with Crippen LogP contribution in [0.25, 0.3) is 0 Å². The monoisotopic (exact) mass is 184 g/mol. The first-order valence-electron chi connectivity index (χ1n) is 3.60. The normalized spacial score (nSPS) is 9.54. The second-order valence-electron chi connectivity index (χ2n) is 2.33. The van der Waals surface area contributed by atoms with E-state index in [1.54, 1.807) is 0 Å². The lowest BCUT2D eigenvalue weighted by Crippen LogP contribution is -2.13. The highest BCUT2D eigenvalue weighted by Crippen LogP contribution is 2.02. The van der Waals surface area contributed by atoms with Crippen LogP contribution < -0.4 is 5.32 Å². The van der Waals surface area contributed by atoms with Gasteiger partial charge in [0, 0.05) is 12.5 Å². The maximum absolute atomic E-state index is 11.0. The summed E-state index contributed by atoms with van der Waals surface area (Å²) in [4.78, 5) is 21.1. The molecular formula is C7H8N2O4. The summed E-state index contributed by atoms with van der Waals surface area (Å²) in [5.74, 6) is -1.11. The molecule has 6 heteroatoms. The minimum absolute atomic E-state index is 0.0673. The molecule has 70 valence electrons. The number of nitrogens with zero attached hydrogens (tertiary/aromatic N) is 1. The molecule has 1 rings (SSSR count). The van der Waals surface area contributed by atoms with Crippen LogP contribution in [0.3, 0.4) is 0 Å². The topological polar surface area (TPSA) is 92.4 Å². The van der Waals surface area contributed by atoms with Gasteiger partial charge in [-0.2, -0.15) is 0 Å². The van der Waals surface area contributed by atoms with Gasteiger partial charge in [-0.05, 0) is 0 Å². The first-order valence-corrected chi connectivity index (χ1v) is 3.60. The molecule has 1 amide bonds. The van der Waals surface area contributed by atoms with Gasteiger partial charge in [0.05, 0.1) is 6.42 Å². The van der Waals surface area contributed by atoms with E-state index >= 15 is 0 Å². The minimum Gasteiger partial charge on any atom is -0.481 e. The zero-order valence-electron chi connectivity index (χ0n) is 6.69. The van der Waals surface area contributed by atoms with Crippen molar-refractivity contribution in [1.82, 2.24) is 5.16 Å². The van der Waals surface area contributed by atoms with Crippen LogP contribution in [0.4, 0.5) is 5.82 Å². The molecule has 0 fully saturated rings. The molecule has 0 unspecified atom stereocenters. The third kappa shape index (κ3) is 3.37. The number of carboxylic acid groups (broad SMARTS) is 1. The largest absolute Gasteiger partial charge is 0.481 e. The van der Waals surface area contributed by atoms with Crippen molar-refractivity contribution >= 4 is 17.7 Å². The fraction of sp³-hybridized carbons (Fsp3) is 0.286. The lowest BCUT2D eigenvalue weighted by Gasteiger charge is -1.97. The maximum Gasteiger partial charge on any atom is 0.303 e. The molecule has 0 aliphatic rings. The highest BCUT2D eigenvalue weighted by atomic mass is 16.5. The Labute approximate surface area is 73.5 Å². The van der Waals surface area contributed by atoms with Gasteiger partial charge < -0.3 is 14.9 Å². The molecule has 0 aromatic carbocycles. The van der Waals surface area contributed by atoms with Gasteiger partial charge in [0.2, 0.25) is 5.91 Å². The first-order chi connectivity index (χ1) is 6.18. The Bertz CT molecular complexity index is 293. The molecule has 0 radical (unpaired) electrons. The van der Waals surface area contributed by atoms with E-state index in [1.165, 1.54) is 12.3 Å². The van der Waals surface area contributed by atoms with Gasteiger partial charge in [0.1, 0.15) is 6.26 Å². The molecule has 0 aliphatic carbocycles. The summed E-state index contributed by atoms with van der Waals surface area (Å²) >= 11 is 0. The molecule has 1 aromatic heterocycles. The summed E-state index contributed by atoms with van der Waals surface area (Å²) in [6, 6.07) is 1.47. The molecule has 1 aromatic rings. The van der Waals surface area contributed by atoms with Crippen molar-refractivity contribution in [1.29, 1.82) is 0 Å². The van der Waals surface area contributed by atoms with Gasteiger partial charge in [-0.25, -0.2) is 0 Å². The van der Waals surface area contributed by atoms with Gasteiger partial charge in [-0.15, -0.1) is 0 Å². The fourth-order valence-electron chi connectivity index (χ4n) is 0.703. The molecule has 0 saturated heterocycles. The number of nitrogens with one attached hydrogen (secondary N) is 1. The van der Waals surface area contributed by atoms with E-state index in [9.17, 15) is 9.59 Å². The Kier molecular flexibility index (Phi) is 3.02. The number of amides is 1. The van der Waals surface area contributed by atoms with Crippen LogP contribution in [0.1, 0.15) is 12.8 Å². The van der Waals surface area contributed by atoms with Crippen molar-refractivity contribution in [2.45, 2.75) is 12.8 Å². The number of anilines is 1. The smallest absolute Gasteiger partial charge is 0.303 e. The molecule has 6 nitrogen and oxygen atoms in total. The summed E-state index contributed by atoms with van der Waals surface area (Å²) < 4.78 is 4.46. The number of aliphatic carboxylic acids is 1. The Morgan fingerprint density at radius 2 is 2.31 bits per heavy atom. The number of hydrogen-bond acceptors (Lipinski definition) is 4. The van der Waals surface area contributed by atoms with Gasteiger partial charge in [0.15, 0.2) is 5.82 Å². The maximum atomic E-state index is 11.0. The van der Waals surface area contributed by atoms with E-state index in [0.29, 0.717) is 0 Å². The zero-order valence-corrected chi connectivity index (χ0v) is 6.69. The minimum atomic E-state index is -1.00. The molecule has 1 heterocycles. The third-order valence-corrected chi connectivity index (χ3v) is 1.27. The summed E-state index contributed by atoms with van der Waals surface area (Å²) in [6.45, 7) is 0. The van der Waals surface area contributed by atoms with Crippen LogP contribution in [-0.4, -0.2) is 22.1 Å². The molecule has 2 N–H and O–H groups in total. The van der Waals surface area contributed by atoms with E-state index in [4.69, 9.17) is 5.11 Å². The van der Waals surface area contributed by atoms with Crippen LogP contribution in [0.2, 0.25) is 0 Å². The van der Waals surface area contributed by atoms with E-state index in [2.05, 4.69) is 15.0 Å².